The smallest absolute Gasteiger partial charge is 0.318 e. The van der Waals surface area contributed by atoms with E-state index in [9.17, 15) is 9.59 Å². The van der Waals surface area contributed by atoms with E-state index in [0.717, 1.165) is 4.47 Å². The van der Waals surface area contributed by atoms with E-state index in [0.29, 0.717) is 5.69 Å². The molecule has 0 heterocycles. The molecule has 0 aromatic heterocycles. The first kappa shape index (κ1) is 13.7. The molecule has 0 spiro atoms. The molecule has 1 aromatic rings. The van der Waals surface area contributed by atoms with Crippen molar-refractivity contribution in [1.29, 1.82) is 0 Å². The number of benzene rings is 1. The van der Waals surface area contributed by atoms with E-state index in [1.165, 1.54) is 18.7 Å². The molecular formula is C12H14BrNO3. The number of aliphatic carboxylic acids is 1. The molecule has 0 aliphatic carbocycles. The van der Waals surface area contributed by atoms with E-state index < -0.39 is 17.3 Å². The summed E-state index contributed by atoms with van der Waals surface area (Å²) in [6, 6.07) is 7.14. The van der Waals surface area contributed by atoms with Crippen molar-refractivity contribution in [3.05, 3.63) is 28.7 Å². The van der Waals surface area contributed by atoms with Crippen molar-refractivity contribution in [2.24, 2.45) is 5.41 Å². The number of hydrogen-bond acceptors (Lipinski definition) is 2. The normalized spacial score (nSPS) is 11.1. The third-order valence-corrected chi connectivity index (χ3v) is 3.06. The molecule has 1 N–H and O–H groups in total. The van der Waals surface area contributed by atoms with Crippen molar-refractivity contribution in [2.75, 3.05) is 11.9 Å². The van der Waals surface area contributed by atoms with Crippen molar-refractivity contribution < 1.29 is 14.7 Å². The summed E-state index contributed by atoms with van der Waals surface area (Å²) >= 11 is 3.30. The maximum atomic E-state index is 12.0. The fourth-order valence-electron chi connectivity index (χ4n) is 1.31. The topological polar surface area (TPSA) is 57.6 Å². The van der Waals surface area contributed by atoms with Crippen molar-refractivity contribution in [3.63, 3.8) is 0 Å². The molecule has 0 aliphatic rings. The molecule has 0 fully saturated rings. The number of nitrogens with zero attached hydrogens (tertiary/aromatic N) is 1. The minimum atomic E-state index is -1.43. The summed E-state index contributed by atoms with van der Waals surface area (Å²) in [5, 5.41) is 9.01. The zero-order valence-electron chi connectivity index (χ0n) is 9.90. The van der Waals surface area contributed by atoms with Crippen LogP contribution in [0, 0.1) is 5.41 Å². The molecule has 92 valence electrons. The number of rotatable bonds is 3. The summed E-state index contributed by atoms with van der Waals surface area (Å²) in [7, 11) is 1.56. The van der Waals surface area contributed by atoms with Gasteiger partial charge in [0.1, 0.15) is 5.41 Å². The van der Waals surface area contributed by atoms with Gasteiger partial charge in [-0.3, -0.25) is 9.59 Å². The number of carboxylic acids is 1. The van der Waals surface area contributed by atoms with Crippen LogP contribution in [-0.4, -0.2) is 24.0 Å². The van der Waals surface area contributed by atoms with Crippen molar-refractivity contribution >= 4 is 33.5 Å². The van der Waals surface area contributed by atoms with Crippen LogP contribution in [0.4, 0.5) is 5.69 Å². The third-order valence-electron chi connectivity index (χ3n) is 2.57. The summed E-state index contributed by atoms with van der Waals surface area (Å²) in [5.74, 6) is -1.59. The van der Waals surface area contributed by atoms with Crippen LogP contribution in [0.5, 0.6) is 0 Å². The first-order valence-electron chi connectivity index (χ1n) is 5.04. The van der Waals surface area contributed by atoms with Crippen LogP contribution in [0.1, 0.15) is 13.8 Å². The summed E-state index contributed by atoms with van der Waals surface area (Å²) in [6.07, 6.45) is 0. The predicted molar refractivity (Wildman–Crippen MR) is 69.0 cm³/mol. The number of carbonyl (C=O) groups is 2. The highest BCUT2D eigenvalue weighted by Gasteiger charge is 2.38. The number of carbonyl (C=O) groups excluding carboxylic acids is 1. The van der Waals surface area contributed by atoms with E-state index in [1.54, 1.807) is 25.2 Å². The Morgan fingerprint density at radius 3 is 2.41 bits per heavy atom. The largest absolute Gasteiger partial charge is 0.480 e. The van der Waals surface area contributed by atoms with Crippen molar-refractivity contribution in [2.45, 2.75) is 13.8 Å². The second-order valence-corrected chi connectivity index (χ2v) is 5.19. The van der Waals surface area contributed by atoms with E-state index in [1.807, 2.05) is 6.07 Å². The predicted octanol–water partition coefficient (Wildman–Crippen LogP) is 2.52. The van der Waals surface area contributed by atoms with Crippen molar-refractivity contribution in [3.8, 4) is 0 Å². The molecule has 0 saturated carbocycles. The summed E-state index contributed by atoms with van der Waals surface area (Å²) in [5.41, 5.74) is -0.782. The Balaban J connectivity index is 3.02. The van der Waals surface area contributed by atoms with Crippen LogP contribution in [0.3, 0.4) is 0 Å². The molecule has 0 radical (unpaired) electrons. The Morgan fingerprint density at radius 1 is 1.35 bits per heavy atom. The number of hydrogen-bond donors (Lipinski definition) is 1. The summed E-state index contributed by atoms with van der Waals surface area (Å²) in [6.45, 7) is 2.79. The molecule has 0 saturated heterocycles. The first-order chi connectivity index (χ1) is 7.76. The van der Waals surface area contributed by atoms with Crippen LogP contribution in [0.2, 0.25) is 0 Å². The van der Waals surface area contributed by atoms with Crippen LogP contribution in [0.25, 0.3) is 0 Å². The van der Waals surface area contributed by atoms with E-state index in [-0.39, 0.29) is 0 Å². The summed E-state index contributed by atoms with van der Waals surface area (Å²) < 4.78 is 0.836. The molecule has 1 aromatic carbocycles. The number of amides is 1. The number of carboxylic acid groups (broad SMARTS) is 1. The van der Waals surface area contributed by atoms with E-state index in [4.69, 9.17) is 5.11 Å². The maximum Gasteiger partial charge on any atom is 0.318 e. The fourth-order valence-corrected chi connectivity index (χ4v) is 1.70. The standard InChI is InChI=1S/C12H14BrNO3/c1-12(2,11(16)17)10(15)14(3)9-6-4-5-8(13)7-9/h4-7H,1-3H3,(H,16,17). The molecular weight excluding hydrogens is 286 g/mol. The van der Waals surface area contributed by atoms with E-state index in [2.05, 4.69) is 15.9 Å². The van der Waals surface area contributed by atoms with Gasteiger partial charge < -0.3 is 10.0 Å². The lowest BCUT2D eigenvalue weighted by molar-refractivity contribution is -0.152. The highest BCUT2D eigenvalue weighted by molar-refractivity contribution is 9.10. The van der Waals surface area contributed by atoms with Gasteiger partial charge in [0, 0.05) is 17.2 Å². The van der Waals surface area contributed by atoms with Gasteiger partial charge >= 0.3 is 5.97 Å². The molecule has 5 heteroatoms. The highest BCUT2D eigenvalue weighted by Crippen LogP contribution is 2.25. The first-order valence-corrected chi connectivity index (χ1v) is 5.83. The van der Waals surface area contributed by atoms with Crippen LogP contribution in [-0.2, 0) is 9.59 Å². The Bertz CT molecular complexity index is 457. The fraction of sp³-hybridized carbons (Fsp3) is 0.333. The number of halogens is 1. The highest BCUT2D eigenvalue weighted by atomic mass is 79.9. The molecule has 4 nitrogen and oxygen atoms in total. The zero-order valence-corrected chi connectivity index (χ0v) is 11.5. The van der Waals surface area contributed by atoms with Gasteiger partial charge in [-0.25, -0.2) is 0 Å². The molecule has 1 amide bonds. The van der Waals surface area contributed by atoms with Crippen molar-refractivity contribution in [1.82, 2.24) is 0 Å². The average molecular weight is 300 g/mol. The monoisotopic (exact) mass is 299 g/mol. The van der Waals surface area contributed by atoms with Gasteiger partial charge in [0.05, 0.1) is 0 Å². The van der Waals surface area contributed by atoms with Crippen LogP contribution >= 0.6 is 15.9 Å². The summed E-state index contributed by atoms with van der Waals surface area (Å²) in [4.78, 5) is 24.4. The average Bonchev–Trinajstić information content (AvgIpc) is 2.26. The lowest BCUT2D eigenvalue weighted by atomic mass is 9.92. The van der Waals surface area contributed by atoms with Crippen LogP contribution in [0.15, 0.2) is 28.7 Å². The third kappa shape index (κ3) is 2.85. The molecule has 1 rings (SSSR count). The zero-order chi connectivity index (χ0) is 13.2. The Morgan fingerprint density at radius 2 is 1.94 bits per heavy atom. The van der Waals surface area contributed by atoms with Gasteiger partial charge in [-0.15, -0.1) is 0 Å². The van der Waals surface area contributed by atoms with Gasteiger partial charge in [0.25, 0.3) is 0 Å². The minimum absolute atomic E-state index is 0.455. The Kier molecular flexibility index (Phi) is 3.93. The van der Waals surface area contributed by atoms with Crippen LogP contribution < -0.4 is 4.90 Å². The van der Waals surface area contributed by atoms with Gasteiger partial charge in [0.15, 0.2) is 0 Å². The van der Waals surface area contributed by atoms with Gasteiger partial charge in [0.2, 0.25) is 5.91 Å². The quantitative estimate of drug-likeness (QED) is 0.873. The lowest BCUT2D eigenvalue weighted by Crippen LogP contribution is -2.43. The Hall–Kier alpha value is -1.36. The second kappa shape index (κ2) is 4.87. The SMILES string of the molecule is CN(C(=O)C(C)(C)C(=O)O)c1cccc(Br)c1. The lowest BCUT2D eigenvalue weighted by Gasteiger charge is -2.26. The molecule has 0 unspecified atom stereocenters. The van der Waals surface area contributed by atoms with Gasteiger partial charge in [-0.1, -0.05) is 22.0 Å². The molecule has 0 bridgehead atoms. The maximum absolute atomic E-state index is 12.0. The minimum Gasteiger partial charge on any atom is -0.480 e. The van der Waals surface area contributed by atoms with Gasteiger partial charge in [-0.05, 0) is 32.0 Å². The number of anilines is 1. The molecule has 0 aliphatic heterocycles. The molecule has 17 heavy (non-hydrogen) atoms. The van der Waals surface area contributed by atoms with Gasteiger partial charge in [-0.2, -0.15) is 0 Å². The van der Waals surface area contributed by atoms with E-state index >= 15 is 0 Å². The molecule has 0 atom stereocenters. The Labute approximate surface area is 108 Å². The second-order valence-electron chi connectivity index (χ2n) is 4.27.